The molecule has 98 valence electrons. The molecule has 0 radical (unpaired) electrons. The van der Waals surface area contributed by atoms with E-state index in [9.17, 15) is 4.79 Å². The van der Waals surface area contributed by atoms with E-state index in [1.54, 1.807) is 6.20 Å². The van der Waals surface area contributed by atoms with Crippen molar-refractivity contribution < 1.29 is 0 Å². The number of H-pyrrole nitrogens is 1. The van der Waals surface area contributed by atoms with Crippen LogP contribution in [-0.4, -0.2) is 9.97 Å². The molecule has 0 fully saturated rings. The molecule has 0 bridgehead atoms. The molecule has 0 saturated heterocycles. The van der Waals surface area contributed by atoms with Crippen LogP contribution in [0.3, 0.4) is 0 Å². The van der Waals surface area contributed by atoms with Crippen molar-refractivity contribution in [3.8, 4) is 0 Å². The summed E-state index contributed by atoms with van der Waals surface area (Å²) in [6.45, 7) is 1.96. The van der Waals surface area contributed by atoms with Gasteiger partial charge in [0.05, 0.1) is 0 Å². The van der Waals surface area contributed by atoms with Gasteiger partial charge < -0.3 is 4.98 Å². The van der Waals surface area contributed by atoms with Gasteiger partial charge in [0.15, 0.2) is 0 Å². The number of nitrogens with zero attached hydrogens (tertiary/aromatic N) is 1. The molecule has 3 heteroatoms. The van der Waals surface area contributed by atoms with E-state index in [-0.39, 0.29) is 5.56 Å². The Morgan fingerprint density at radius 3 is 2.60 bits per heavy atom. The Hall–Kier alpha value is -2.68. The first-order valence-electron chi connectivity index (χ1n) is 6.45. The predicted octanol–water partition coefficient (Wildman–Crippen LogP) is 3.40. The Morgan fingerprint density at radius 1 is 1.05 bits per heavy atom. The molecule has 1 aromatic carbocycles. The van der Waals surface area contributed by atoms with E-state index >= 15 is 0 Å². The van der Waals surface area contributed by atoms with E-state index in [1.807, 2.05) is 61.7 Å². The lowest BCUT2D eigenvalue weighted by Gasteiger charge is -2.01. The molecule has 2 aromatic heterocycles. The van der Waals surface area contributed by atoms with Gasteiger partial charge in [0.25, 0.3) is 5.56 Å². The topological polar surface area (TPSA) is 45.8 Å². The van der Waals surface area contributed by atoms with Gasteiger partial charge in [-0.15, -0.1) is 0 Å². The van der Waals surface area contributed by atoms with Gasteiger partial charge in [-0.25, -0.2) is 0 Å². The number of benzene rings is 1. The fraction of sp³-hybridized carbons (Fsp3) is 0.0588. The molecule has 3 nitrogen and oxygen atoms in total. The Morgan fingerprint density at radius 2 is 1.85 bits per heavy atom. The summed E-state index contributed by atoms with van der Waals surface area (Å²) in [5, 5.41) is 1.66. The lowest BCUT2D eigenvalue weighted by atomic mass is 10.1. The molecule has 0 atom stereocenters. The number of hydrogen-bond acceptors (Lipinski definition) is 2. The fourth-order valence-corrected chi connectivity index (χ4v) is 2.13. The quantitative estimate of drug-likeness (QED) is 0.769. The minimum Gasteiger partial charge on any atom is -0.328 e. The molecule has 2 heterocycles. The monoisotopic (exact) mass is 262 g/mol. The molecule has 1 N–H and O–H groups in total. The highest BCUT2D eigenvalue weighted by atomic mass is 16.1. The molecule has 0 spiro atoms. The summed E-state index contributed by atoms with van der Waals surface area (Å²) in [6, 6.07) is 11.6. The highest BCUT2D eigenvalue weighted by Crippen LogP contribution is 2.16. The normalized spacial score (nSPS) is 11.2. The largest absolute Gasteiger partial charge is 0.328 e. The van der Waals surface area contributed by atoms with E-state index in [0.717, 1.165) is 22.2 Å². The number of aryl methyl sites for hydroxylation is 1. The van der Waals surface area contributed by atoms with Crippen LogP contribution in [0.15, 0.2) is 53.6 Å². The number of rotatable bonds is 2. The number of nitrogens with one attached hydrogen (secondary N) is 1. The minimum absolute atomic E-state index is 0.0604. The average Bonchev–Trinajstić information content (AvgIpc) is 2.49. The van der Waals surface area contributed by atoms with Crippen molar-refractivity contribution in [2.75, 3.05) is 0 Å². The Kier molecular flexibility index (Phi) is 3.17. The molecule has 0 saturated carbocycles. The first kappa shape index (κ1) is 12.4. The summed E-state index contributed by atoms with van der Waals surface area (Å²) in [7, 11) is 0. The van der Waals surface area contributed by atoms with E-state index < -0.39 is 0 Å². The average molecular weight is 262 g/mol. The van der Waals surface area contributed by atoms with Gasteiger partial charge >= 0.3 is 0 Å². The second-order valence-electron chi connectivity index (χ2n) is 4.68. The van der Waals surface area contributed by atoms with Gasteiger partial charge in [-0.3, -0.25) is 9.78 Å². The number of hydrogen-bond donors (Lipinski definition) is 1. The van der Waals surface area contributed by atoms with Crippen LogP contribution in [0.1, 0.15) is 16.8 Å². The van der Waals surface area contributed by atoms with Crippen LogP contribution < -0.4 is 5.56 Å². The third-order valence-corrected chi connectivity index (χ3v) is 3.23. The van der Waals surface area contributed by atoms with Gasteiger partial charge in [-0.2, -0.15) is 0 Å². The SMILES string of the molecule is Cc1ccc(/C=C/c2c[nH]c(=O)c3ccccc23)cn1. The molecule has 0 amide bonds. The van der Waals surface area contributed by atoms with Gasteiger partial charge in [0.1, 0.15) is 0 Å². The standard InChI is InChI=1S/C17H14N2O/c1-12-6-7-13(10-18-12)8-9-14-11-19-17(20)16-5-3-2-4-15(14)16/h2-11H,1H3,(H,19,20)/b9-8+. The third-order valence-electron chi connectivity index (χ3n) is 3.23. The van der Waals surface area contributed by atoms with E-state index in [1.165, 1.54) is 0 Å². The van der Waals surface area contributed by atoms with Crippen LogP contribution >= 0.6 is 0 Å². The van der Waals surface area contributed by atoms with E-state index in [4.69, 9.17) is 0 Å². The van der Waals surface area contributed by atoms with Crippen molar-refractivity contribution in [1.29, 1.82) is 0 Å². The summed E-state index contributed by atoms with van der Waals surface area (Å²) in [5.74, 6) is 0. The first-order valence-corrected chi connectivity index (χ1v) is 6.45. The Labute approximate surface area is 116 Å². The zero-order chi connectivity index (χ0) is 13.9. The van der Waals surface area contributed by atoms with Crippen LogP contribution in [0.5, 0.6) is 0 Å². The molecule has 3 rings (SSSR count). The van der Waals surface area contributed by atoms with Crippen LogP contribution in [0, 0.1) is 6.92 Å². The maximum Gasteiger partial charge on any atom is 0.255 e. The molecule has 3 aromatic rings. The summed E-state index contributed by atoms with van der Waals surface area (Å²) in [5.41, 5.74) is 2.96. The van der Waals surface area contributed by atoms with E-state index in [2.05, 4.69) is 9.97 Å². The maximum absolute atomic E-state index is 11.8. The number of aromatic amines is 1. The van der Waals surface area contributed by atoms with Crippen molar-refractivity contribution in [1.82, 2.24) is 9.97 Å². The van der Waals surface area contributed by atoms with Crippen molar-refractivity contribution in [2.24, 2.45) is 0 Å². The van der Waals surface area contributed by atoms with Crippen molar-refractivity contribution >= 4 is 22.9 Å². The molecule has 20 heavy (non-hydrogen) atoms. The Balaban J connectivity index is 2.05. The smallest absolute Gasteiger partial charge is 0.255 e. The first-order chi connectivity index (χ1) is 9.74. The van der Waals surface area contributed by atoms with Crippen LogP contribution in [0.2, 0.25) is 0 Å². The molecule has 0 aliphatic rings. The van der Waals surface area contributed by atoms with Gasteiger partial charge in [-0.1, -0.05) is 36.4 Å². The molecule has 0 aliphatic heterocycles. The molecular formula is C17H14N2O. The van der Waals surface area contributed by atoms with Gasteiger partial charge in [0.2, 0.25) is 0 Å². The zero-order valence-corrected chi connectivity index (χ0v) is 11.1. The summed E-state index contributed by atoms with van der Waals surface area (Å²) in [4.78, 5) is 18.8. The number of aromatic nitrogens is 2. The lowest BCUT2D eigenvalue weighted by Crippen LogP contribution is -2.05. The summed E-state index contributed by atoms with van der Waals surface area (Å²) >= 11 is 0. The van der Waals surface area contributed by atoms with Crippen molar-refractivity contribution in [2.45, 2.75) is 6.92 Å². The molecule has 0 aliphatic carbocycles. The van der Waals surface area contributed by atoms with Crippen LogP contribution in [0.25, 0.3) is 22.9 Å². The predicted molar refractivity (Wildman–Crippen MR) is 82.5 cm³/mol. The lowest BCUT2D eigenvalue weighted by molar-refractivity contribution is 1.19. The van der Waals surface area contributed by atoms with E-state index in [0.29, 0.717) is 5.39 Å². The second kappa shape index (κ2) is 5.13. The van der Waals surface area contributed by atoms with Crippen LogP contribution in [0.4, 0.5) is 0 Å². The molecular weight excluding hydrogens is 248 g/mol. The van der Waals surface area contributed by atoms with Crippen molar-refractivity contribution in [3.05, 3.63) is 76.0 Å². The number of fused-ring (bicyclic) bond motifs is 1. The maximum atomic E-state index is 11.8. The van der Waals surface area contributed by atoms with Crippen molar-refractivity contribution in [3.63, 3.8) is 0 Å². The van der Waals surface area contributed by atoms with Gasteiger partial charge in [-0.05, 0) is 35.6 Å². The van der Waals surface area contributed by atoms with Gasteiger partial charge in [0, 0.05) is 23.5 Å². The highest BCUT2D eigenvalue weighted by molar-refractivity contribution is 5.91. The fourth-order valence-electron chi connectivity index (χ4n) is 2.13. The minimum atomic E-state index is -0.0604. The zero-order valence-electron chi connectivity index (χ0n) is 11.1. The second-order valence-corrected chi connectivity index (χ2v) is 4.68. The van der Waals surface area contributed by atoms with Crippen LogP contribution in [-0.2, 0) is 0 Å². The third kappa shape index (κ3) is 2.38. The Bertz CT molecular complexity index is 829. The number of pyridine rings is 2. The molecule has 0 unspecified atom stereocenters. The highest BCUT2D eigenvalue weighted by Gasteiger charge is 2.01. The summed E-state index contributed by atoms with van der Waals surface area (Å²) < 4.78 is 0. The summed E-state index contributed by atoms with van der Waals surface area (Å²) in [6.07, 6.45) is 7.56.